The van der Waals surface area contributed by atoms with Crippen LogP contribution in [0.2, 0.25) is 5.15 Å². The molecule has 6 heteroatoms. The lowest BCUT2D eigenvalue weighted by atomic mass is 10.3. The third-order valence-corrected chi connectivity index (χ3v) is 2.55. The first-order valence-corrected chi connectivity index (χ1v) is 5.16. The molecule has 0 radical (unpaired) electrons. The van der Waals surface area contributed by atoms with Crippen LogP contribution >= 0.6 is 11.6 Å². The van der Waals surface area contributed by atoms with Gasteiger partial charge < -0.3 is 0 Å². The maximum Gasteiger partial charge on any atom is 0.332 e. The van der Waals surface area contributed by atoms with E-state index in [-0.39, 0.29) is 23.8 Å². The van der Waals surface area contributed by atoms with E-state index in [0.29, 0.717) is 6.29 Å². The van der Waals surface area contributed by atoms with Crippen molar-refractivity contribution in [3.8, 4) is 0 Å². The Morgan fingerprint density at radius 3 is 2.12 bits per heavy atom. The van der Waals surface area contributed by atoms with Crippen LogP contribution in [-0.2, 0) is 13.1 Å². The molecule has 0 unspecified atom stereocenters. The van der Waals surface area contributed by atoms with E-state index in [2.05, 4.69) is 13.2 Å². The molecule has 0 fully saturated rings. The Bertz CT molecular complexity index is 584. The largest absolute Gasteiger partial charge is 0.332 e. The van der Waals surface area contributed by atoms with Crippen molar-refractivity contribution in [2.75, 3.05) is 0 Å². The average Bonchev–Trinajstić information content (AvgIpc) is 2.31. The van der Waals surface area contributed by atoms with E-state index in [4.69, 9.17) is 11.6 Å². The molecule has 0 saturated heterocycles. The van der Waals surface area contributed by atoms with Gasteiger partial charge in [-0.05, 0) is 0 Å². The number of allylic oxidation sites excluding steroid dienone is 2. The molecule has 17 heavy (non-hydrogen) atoms. The second-order valence-corrected chi connectivity index (χ2v) is 3.57. The highest BCUT2D eigenvalue weighted by Gasteiger charge is 2.15. The smallest absolute Gasteiger partial charge is 0.298 e. The lowest BCUT2D eigenvalue weighted by molar-refractivity contribution is 0.112. The molecule has 0 saturated carbocycles. The van der Waals surface area contributed by atoms with Crippen molar-refractivity contribution in [3.05, 3.63) is 56.9 Å². The zero-order valence-corrected chi connectivity index (χ0v) is 9.81. The van der Waals surface area contributed by atoms with Crippen molar-refractivity contribution in [1.29, 1.82) is 0 Å². The zero-order chi connectivity index (χ0) is 13.0. The molecule has 90 valence electrons. The number of hydrogen-bond donors (Lipinski definition) is 0. The van der Waals surface area contributed by atoms with Gasteiger partial charge in [0.1, 0.15) is 10.7 Å². The number of nitrogens with zero attached hydrogens (tertiary/aromatic N) is 2. The molecule has 0 bridgehead atoms. The summed E-state index contributed by atoms with van der Waals surface area (Å²) in [6.07, 6.45) is 3.18. The summed E-state index contributed by atoms with van der Waals surface area (Å²) in [6.45, 7) is 7.06. The quantitative estimate of drug-likeness (QED) is 0.445. The third kappa shape index (κ3) is 2.29. The predicted molar refractivity (Wildman–Crippen MR) is 65.8 cm³/mol. The van der Waals surface area contributed by atoms with E-state index < -0.39 is 11.2 Å². The van der Waals surface area contributed by atoms with Crippen LogP contribution in [0.3, 0.4) is 0 Å². The van der Waals surface area contributed by atoms with Crippen molar-refractivity contribution >= 4 is 17.9 Å². The number of hydrogen-bond acceptors (Lipinski definition) is 3. The summed E-state index contributed by atoms with van der Waals surface area (Å²) in [6, 6.07) is 0. The Labute approximate surface area is 102 Å². The van der Waals surface area contributed by atoms with Crippen LogP contribution in [-0.4, -0.2) is 15.4 Å². The summed E-state index contributed by atoms with van der Waals surface area (Å²) in [4.78, 5) is 34.4. The highest BCUT2D eigenvalue weighted by molar-refractivity contribution is 6.31. The fraction of sp³-hybridized carbons (Fsp3) is 0.182. The van der Waals surface area contributed by atoms with E-state index in [1.807, 2.05) is 0 Å². The molecule has 0 amide bonds. The number of rotatable bonds is 5. The Morgan fingerprint density at radius 1 is 1.12 bits per heavy atom. The van der Waals surface area contributed by atoms with Gasteiger partial charge in [0.2, 0.25) is 0 Å². The SMILES string of the molecule is C=CCn1c(Cl)c(C=O)c(=O)n(CC=C)c1=O. The molecule has 0 aliphatic carbocycles. The summed E-state index contributed by atoms with van der Waals surface area (Å²) in [5, 5.41) is -0.171. The molecule has 1 aromatic heterocycles. The molecular formula is C11H11ClN2O3. The standard InChI is InChI=1S/C11H11ClN2O3/c1-3-5-13-9(12)8(7-15)10(16)14(6-4-2)11(13)17/h3-4,7H,1-2,5-6H2. The average molecular weight is 255 g/mol. The van der Waals surface area contributed by atoms with Gasteiger partial charge in [-0.1, -0.05) is 23.8 Å². The summed E-state index contributed by atoms with van der Waals surface area (Å²) in [5.41, 5.74) is -1.55. The second-order valence-electron chi connectivity index (χ2n) is 3.21. The highest BCUT2D eigenvalue weighted by atomic mass is 35.5. The Balaban J connectivity index is 3.74. The normalized spacial score (nSPS) is 9.94. The van der Waals surface area contributed by atoms with Gasteiger partial charge in [0.25, 0.3) is 5.56 Å². The molecule has 0 aliphatic rings. The lowest BCUT2D eigenvalue weighted by Gasteiger charge is -2.10. The van der Waals surface area contributed by atoms with Gasteiger partial charge in [-0.25, -0.2) is 4.79 Å². The van der Waals surface area contributed by atoms with E-state index >= 15 is 0 Å². The minimum absolute atomic E-state index is 0.0207. The van der Waals surface area contributed by atoms with Gasteiger partial charge in [0, 0.05) is 13.1 Å². The lowest BCUT2D eigenvalue weighted by Crippen LogP contribution is -2.41. The summed E-state index contributed by atoms with van der Waals surface area (Å²) < 4.78 is 2.00. The van der Waals surface area contributed by atoms with Crippen molar-refractivity contribution in [3.63, 3.8) is 0 Å². The number of carbonyl (C=O) groups is 1. The van der Waals surface area contributed by atoms with E-state index in [0.717, 1.165) is 9.13 Å². The van der Waals surface area contributed by atoms with Gasteiger partial charge in [-0.15, -0.1) is 13.2 Å². The molecular weight excluding hydrogens is 244 g/mol. The van der Waals surface area contributed by atoms with Crippen molar-refractivity contribution in [2.45, 2.75) is 13.1 Å². The van der Waals surface area contributed by atoms with Gasteiger partial charge >= 0.3 is 5.69 Å². The van der Waals surface area contributed by atoms with E-state index in [9.17, 15) is 14.4 Å². The first-order chi connectivity index (χ1) is 8.08. The molecule has 0 aromatic carbocycles. The van der Waals surface area contributed by atoms with Gasteiger partial charge in [0.05, 0.1) is 0 Å². The zero-order valence-electron chi connectivity index (χ0n) is 9.06. The van der Waals surface area contributed by atoms with Crippen LogP contribution in [0.1, 0.15) is 10.4 Å². The number of aromatic nitrogens is 2. The maximum atomic E-state index is 11.9. The molecule has 1 rings (SSSR count). The molecule has 0 aliphatic heterocycles. The maximum absolute atomic E-state index is 11.9. The highest BCUT2D eigenvalue weighted by Crippen LogP contribution is 2.07. The predicted octanol–water partition coefficient (Wildman–Crippen LogP) is 0.848. The summed E-state index contributed by atoms with van der Waals surface area (Å²) in [5.74, 6) is 0. The van der Waals surface area contributed by atoms with Crippen LogP contribution in [0, 0.1) is 0 Å². The molecule has 5 nitrogen and oxygen atoms in total. The molecule has 1 heterocycles. The van der Waals surface area contributed by atoms with E-state index in [1.54, 1.807) is 0 Å². The number of halogens is 1. The van der Waals surface area contributed by atoms with Gasteiger partial charge in [-0.2, -0.15) is 0 Å². The van der Waals surface area contributed by atoms with Gasteiger partial charge in [0.15, 0.2) is 6.29 Å². The van der Waals surface area contributed by atoms with Crippen LogP contribution in [0.4, 0.5) is 0 Å². The van der Waals surface area contributed by atoms with Crippen LogP contribution in [0.15, 0.2) is 34.9 Å². The molecule has 0 spiro atoms. The molecule has 1 aromatic rings. The van der Waals surface area contributed by atoms with Crippen LogP contribution in [0.25, 0.3) is 0 Å². The fourth-order valence-electron chi connectivity index (χ4n) is 1.37. The first-order valence-electron chi connectivity index (χ1n) is 4.78. The molecule has 0 N–H and O–H groups in total. The van der Waals surface area contributed by atoms with Crippen LogP contribution < -0.4 is 11.2 Å². The summed E-state index contributed by atoms with van der Waals surface area (Å²) >= 11 is 5.82. The Morgan fingerprint density at radius 2 is 1.65 bits per heavy atom. The Kier molecular flexibility index (Phi) is 4.23. The Hall–Kier alpha value is -1.88. The summed E-state index contributed by atoms with van der Waals surface area (Å²) in [7, 11) is 0. The van der Waals surface area contributed by atoms with E-state index in [1.165, 1.54) is 12.2 Å². The molecule has 0 atom stereocenters. The number of carbonyl (C=O) groups excluding carboxylic acids is 1. The van der Waals surface area contributed by atoms with Crippen molar-refractivity contribution in [1.82, 2.24) is 9.13 Å². The van der Waals surface area contributed by atoms with Gasteiger partial charge in [-0.3, -0.25) is 18.7 Å². The monoisotopic (exact) mass is 254 g/mol. The van der Waals surface area contributed by atoms with Crippen LogP contribution in [0.5, 0.6) is 0 Å². The third-order valence-electron chi connectivity index (χ3n) is 2.14. The number of aldehydes is 1. The van der Waals surface area contributed by atoms with Crippen molar-refractivity contribution < 1.29 is 4.79 Å². The minimum atomic E-state index is -0.713. The second kappa shape index (κ2) is 5.45. The minimum Gasteiger partial charge on any atom is -0.298 e. The first kappa shape index (κ1) is 13.2. The van der Waals surface area contributed by atoms with Crippen molar-refractivity contribution in [2.24, 2.45) is 0 Å². The topological polar surface area (TPSA) is 61.1 Å². The fourth-order valence-corrected chi connectivity index (χ4v) is 1.64.